The zero-order valence-electron chi connectivity index (χ0n) is 18.3. The molecule has 9 heteroatoms. The third-order valence-electron chi connectivity index (χ3n) is 5.29. The van der Waals surface area contributed by atoms with Gasteiger partial charge in [-0.25, -0.2) is 26.2 Å². The second-order valence-corrected chi connectivity index (χ2v) is 8.30. The maximum Gasteiger partial charge on any atom is 0.352 e. The topological polar surface area (TPSA) is 103 Å². The Balaban J connectivity index is 1.85. The molecule has 0 aliphatic carbocycles. The number of nitrogens with two attached hydrogens (primary N) is 2. The number of anilines is 1. The van der Waals surface area contributed by atoms with E-state index >= 15 is 0 Å². The van der Waals surface area contributed by atoms with E-state index in [0.717, 1.165) is 48.4 Å². The predicted molar refractivity (Wildman–Crippen MR) is 125 cm³/mol. The number of halogens is 1. The van der Waals surface area contributed by atoms with Crippen molar-refractivity contribution < 1.29 is 9.53 Å². The van der Waals surface area contributed by atoms with Crippen molar-refractivity contribution in [1.82, 2.24) is 14.8 Å². The van der Waals surface area contributed by atoms with Gasteiger partial charge in [-0.2, -0.15) is 5.10 Å². The number of hydrogen-bond donors (Lipinski definition) is 2. The van der Waals surface area contributed by atoms with Gasteiger partial charge in [-0.15, -0.1) is 0 Å². The average molecular weight is 487 g/mol. The summed E-state index contributed by atoms with van der Waals surface area (Å²) in [5.74, 6) is 12.3. The number of aryl methyl sites for hydroxylation is 2. The molecule has 1 aromatic heterocycles. The number of nitrogens with zero attached hydrogens (tertiary/aromatic N) is 4. The van der Waals surface area contributed by atoms with E-state index in [2.05, 4.69) is 34.9 Å². The lowest BCUT2D eigenvalue weighted by molar-refractivity contribution is 0.216. The predicted octanol–water partition coefficient (Wildman–Crippen LogP) is 4.05. The highest BCUT2D eigenvalue weighted by atomic mass is 79.9. The summed E-state index contributed by atoms with van der Waals surface area (Å²) in [4.78, 5) is 12.2. The molecule has 0 radical (unpaired) electrons. The second kappa shape index (κ2) is 9.09. The summed E-state index contributed by atoms with van der Waals surface area (Å²) in [6.07, 6.45) is 0. The zero-order valence-corrected chi connectivity index (χ0v) is 19.9. The molecule has 0 atom stereocenters. The van der Waals surface area contributed by atoms with Crippen LogP contribution in [0.1, 0.15) is 28.1 Å². The number of hydrazine groups is 2. The number of ether oxygens (including phenoxy) is 1. The van der Waals surface area contributed by atoms with Crippen LogP contribution in [-0.4, -0.2) is 27.9 Å². The van der Waals surface area contributed by atoms with Gasteiger partial charge in [0.25, 0.3) is 0 Å². The summed E-state index contributed by atoms with van der Waals surface area (Å²) in [6, 6.07) is 10.8. The number of carbonyl (C=O) groups excluding carboxylic acids is 1. The molecule has 0 fully saturated rings. The highest BCUT2D eigenvalue weighted by Crippen LogP contribution is 2.30. The number of urea groups is 1. The van der Waals surface area contributed by atoms with Crippen LogP contribution in [0.5, 0.6) is 5.75 Å². The zero-order chi connectivity index (χ0) is 22.9. The monoisotopic (exact) mass is 486 g/mol. The van der Waals surface area contributed by atoms with Crippen LogP contribution in [0.15, 0.2) is 40.9 Å². The highest BCUT2D eigenvalue weighted by Gasteiger charge is 2.20. The van der Waals surface area contributed by atoms with Crippen LogP contribution in [0.2, 0.25) is 0 Å². The van der Waals surface area contributed by atoms with E-state index in [1.807, 2.05) is 42.8 Å². The fourth-order valence-electron chi connectivity index (χ4n) is 3.24. The van der Waals surface area contributed by atoms with Gasteiger partial charge in [0.1, 0.15) is 12.4 Å². The number of rotatable bonds is 5. The number of hydrogen-bond acceptors (Lipinski definition) is 5. The third kappa shape index (κ3) is 4.58. The Labute approximate surface area is 190 Å². The van der Waals surface area contributed by atoms with Crippen molar-refractivity contribution in [3.8, 4) is 11.4 Å². The van der Waals surface area contributed by atoms with Crippen LogP contribution in [0, 0.1) is 27.7 Å². The summed E-state index contributed by atoms with van der Waals surface area (Å²) >= 11 is 3.52. The van der Waals surface area contributed by atoms with E-state index in [4.69, 9.17) is 16.4 Å². The molecule has 0 unspecified atom stereocenters. The van der Waals surface area contributed by atoms with Crippen molar-refractivity contribution in [1.29, 1.82) is 0 Å². The quantitative estimate of drug-likeness (QED) is 0.321. The molecular formula is C22H27BrN6O2. The smallest absolute Gasteiger partial charge is 0.352 e. The van der Waals surface area contributed by atoms with E-state index in [9.17, 15) is 4.79 Å². The minimum Gasteiger partial charge on any atom is -0.489 e. The number of amides is 2. The van der Waals surface area contributed by atoms with Gasteiger partial charge in [-0.05, 0) is 69.2 Å². The molecular weight excluding hydrogens is 460 g/mol. The van der Waals surface area contributed by atoms with Crippen LogP contribution < -0.4 is 21.4 Å². The van der Waals surface area contributed by atoms with Gasteiger partial charge < -0.3 is 4.74 Å². The van der Waals surface area contributed by atoms with Gasteiger partial charge in [0.15, 0.2) is 0 Å². The Morgan fingerprint density at radius 3 is 2.45 bits per heavy atom. The lowest BCUT2D eigenvalue weighted by atomic mass is 10.1. The molecule has 0 aliphatic heterocycles. The Kier molecular flexibility index (Phi) is 6.68. The lowest BCUT2D eigenvalue weighted by Crippen LogP contribution is -2.49. The second-order valence-electron chi connectivity index (χ2n) is 7.45. The first-order chi connectivity index (χ1) is 14.6. The summed E-state index contributed by atoms with van der Waals surface area (Å²) in [5, 5.41) is 6.55. The maximum absolute atomic E-state index is 12.2. The molecule has 2 amide bonds. The SMILES string of the molecule is Cc1cc(-n2nc(C)c(C)c2C)ccc1OCc1c(Br)cccc1N(N)C(=O)N(C)N. The van der Waals surface area contributed by atoms with Crippen LogP contribution in [-0.2, 0) is 6.61 Å². The van der Waals surface area contributed by atoms with E-state index < -0.39 is 6.03 Å². The molecule has 8 nitrogen and oxygen atoms in total. The fourth-order valence-corrected chi connectivity index (χ4v) is 3.71. The van der Waals surface area contributed by atoms with Crippen molar-refractivity contribution in [2.24, 2.45) is 11.7 Å². The number of benzene rings is 2. The average Bonchev–Trinajstić information content (AvgIpc) is 2.99. The minimum absolute atomic E-state index is 0.214. The third-order valence-corrected chi connectivity index (χ3v) is 6.03. The summed E-state index contributed by atoms with van der Waals surface area (Å²) < 4.78 is 8.80. The Hall–Kier alpha value is -2.88. The van der Waals surface area contributed by atoms with Crippen molar-refractivity contribution >= 4 is 27.6 Å². The van der Waals surface area contributed by atoms with Crippen molar-refractivity contribution in [3.05, 3.63) is 68.9 Å². The standard InChI is InChI=1S/C22H27BrN6O2/c1-13-11-17(29-16(4)14(2)15(3)26-29)9-10-21(13)31-12-18-19(23)7-6-8-20(18)28(25)22(30)27(5)24/h6-11H,12,24-25H2,1-5H3. The summed E-state index contributed by atoms with van der Waals surface area (Å²) in [7, 11) is 1.44. The first-order valence-electron chi connectivity index (χ1n) is 9.73. The van der Waals surface area contributed by atoms with Gasteiger partial charge in [-0.1, -0.05) is 22.0 Å². The van der Waals surface area contributed by atoms with Gasteiger partial charge in [-0.3, -0.25) is 5.01 Å². The largest absolute Gasteiger partial charge is 0.489 e. The van der Waals surface area contributed by atoms with Crippen molar-refractivity contribution in [2.45, 2.75) is 34.3 Å². The molecule has 3 rings (SSSR count). The van der Waals surface area contributed by atoms with E-state index in [1.165, 1.54) is 12.6 Å². The first-order valence-corrected chi connectivity index (χ1v) is 10.5. The number of carbonyl (C=O) groups is 1. The molecule has 1 heterocycles. The minimum atomic E-state index is -0.542. The Bertz CT molecular complexity index is 1130. The molecule has 0 bridgehead atoms. The van der Waals surface area contributed by atoms with Crippen LogP contribution >= 0.6 is 15.9 Å². The molecule has 0 spiro atoms. The van der Waals surface area contributed by atoms with Crippen molar-refractivity contribution in [2.75, 3.05) is 12.1 Å². The lowest BCUT2D eigenvalue weighted by Gasteiger charge is -2.24. The van der Waals surface area contributed by atoms with Gasteiger partial charge in [0.2, 0.25) is 0 Å². The van der Waals surface area contributed by atoms with E-state index in [-0.39, 0.29) is 6.61 Å². The molecule has 3 aromatic rings. The number of aromatic nitrogens is 2. The Morgan fingerprint density at radius 2 is 1.87 bits per heavy atom. The first kappa shape index (κ1) is 22.8. The van der Waals surface area contributed by atoms with Crippen LogP contribution in [0.3, 0.4) is 0 Å². The molecule has 0 aliphatic rings. The van der Waals surface area contributed by atoms with Gasteiger partial charge in [0.05, 0.1) is 17.1 Å². The molecule has 0 saturated heterocycles. The Morgan fingerprint density at radius 1 is 1.16 bits per heavy atom. The molecule has 4 N–H and O–H groups in total. The maximum atomic E-state index is 12.2. The summed E-state index contributed by atoms with van der Waals surface area (Å²) in [6.45, 7) is 8.34. The van der Waals surface area contributed by atoms with E-state index in [0.29, 0.717) is 5.69 Å². The van der Waals surface area contributed by atoms with Crippen LogP contribution in [0.25, 0.3) is 5.69 Å². The molecule has 0 saturated carbocycles. The van der Waals surface area contributed by atoms with E-state index in [1.54, 1.807) is 12.1 Å². The molecule has 31 heavy (non-hydrogen) atoms. The molecule has 164 valence electrons. The normalized spacial score (nSPS) is 10.8. The summed E-state index contributed by atoms with van der Waals surface area (Å²) in [5.41, 5.74) is 6.50. The van der Waals surface area contributed by atoms with Gasteiger partial charge >= 0.3 is 6.03 Å². The fraction of sp³-hybridized carbons (Fsp3) is 0.273. The van der Waals surface area contributed by atoms with Crippen molar-refractivity contribution in [3.63, 3.8) is 0 Å². The highest BCUT2D eigenvalue weighted by molar-refractivity contribution is 9.10. The molecule has 2 aromatic carbocycles. The van der Waals surface area contributed by atoms with Gasteiger partial charge in [0, 0.05) is 22.8 Å². The van der Waals surface area contributed by atoms with Crippen LogP contribution in [0.4, 0.5) is 10.5 Å².